The van der Waals surface area contributed by atoms with E-state index in [1.165, 1.54) is 17.7 Å². The van der Waals surface area contributed by atoms with Crippen LogP contribution in [0.1, 0.15) is 61.6 Å². The summed E-state index contributed by atoms with van der Waals surface area (Å²) in [6, 6.07) is 0.275. The van der Waals surface area contributed by atoms with Gasteiger partial charge in [0.2, 0.25) is 5.91 Å². The Bertz CT molecular complexity index is 929. The quantitative estimate of drug-likeness (QED) is 0.539. The van der Waals surface area contributed by atoms with Gasteiger partial charge in [0, 0.05) is 49.7 Å². The van der Waals surface area contributed by atoms with Crippen molar-refractivity contribution < 1.29 is 18.3 Å². The summed E-state index contributed by atoms with van der Waals surface area (Å²) in [5.74, 6) is -2.07. The molecule has 0 saturated heterocycles. The normalized spacial score (nSPS) is 21.1. The first-order valence-electron chi connectivity index (χ1n) is 12.1. The highest BCUT2D eigenvalue weighted by Crippen LogP contribution is 2.32. The Balaban J connectivity index is 1.13. The molecule has 10 heteroatoms. The maximum atomic E-state index is 13.0. The number of hydrogen-bond acceptors (Lipinski definition) is 7. The minimum atomic E-state index is -2.85. The lowest BCUT2D eigenvalue weighted by atomic mass is 9.84. The molecule has 1 saturated carbocycles. The molecule has 1 aliphatic carbocycles. The topological polar surface area (TPSA) is 80.2 Å². The van der Waals surface area contributed by atoms with Crippen LogP contribution in [0.3, 0.4) is 0 Å². The third kappa shape index (κ3) is 7.66. The molecule has 0 aromatic carbocycles. The Morgan fingerprint density at radius 1 is 1.26 bits per heavy atom. The van der Waals surface area contributed by atoms with Crippen molar-refractivity contribution in [1.82, 2.24) is 25.2 Å². The Morgan fingerprint density at radius 3 is 2.76 bits per heavy atom. The summed E-state index contributed by atoms with van der Waals surface area (Å²) in [7, 11) is 0. The van der Waals surface area contributed by atoms with Crippen molar-refractivity contribution in [3.8, 4) is 5.19 Å². The highest BCUT2D eigenvalue weighted by Gasteiger charge is 2.27. The molecule has 34 heavy (non-hydrogen) atoms. The van der Waals surface area contributed by atoms with Crippen LogP contribution in [0.5, 0.6) is 5.19 Å². The van der Waals surface area contributed by atoms with E-state index in [0.29, 0.717) is 24.0 Å². The van der Waals surface area contributed by atoms with Crippen molar-refractivity contribution in [2.24, 2.45) is 5.92 Å². The maximum absolute atomic E-state index is 13.0. The van der Waals surface area contributed by atoms with Crippen molar-refractivity contribution in [2.75, 3.05) is 19.7 Å². The van der Waals surface area contributed by atoms with E-state index in [1.807, 2.05) is 0 Å². The number of carbonyl (C=O) groups excluding carboxylic acids is 1. The second-order valence-corrected chi connectivity index (χ2v) is 10.6. The smallest absolute Gasteiger partial charge is 0.278 e. The summed E-state index contributed by atoms with van der Waals surface area (Å²) in [5, 5.41) is 3.54. The van der Waals surface area contributed by atoms with E-state index in [9.17, 15) is 13.6 Å². The van der Waals surface area contributed by atoms with Gasteiger partial charge in [-0.2, -0.15) is 0 Å². The molecule has 2 aliphatic rings. The van der Waals surface area contributed by atoms with Crippen LogP contribution in [0.2, 0.25) is 0 Å². The fraction of sp³-hybridized carbons (Fsp3) is 0.667. The van der Waals surface area contributed by atoms with Gasteiger partial charge in [0.15, 0.2) is 6.61 Å². The molecule has 0 radical (unpaired) electrons. The zero-order valence-electron chi connectivity index (χ0n) is 19.6. The third-order valence-corrected chi connectivity index (χ3v) is 7.63. The van der Waals surface area contributed by atoms with Gasteiger partial charge < -0.3 is 10.1 Å². The molecule has 1 fully saturated rings. The number of alkyl halides is 2. The molecule has 7 nitrogen and oxygen atoms in total. The lowest BCUT2D eigenvalue weighted by molar-refractivity contribution is -0.122. The highest BCUT2D eigenvalue weighted by atomic mass is 32.1. The van der Waals surface area contributed by atoms with Crippen LogP contribution in [-0.4, -0.2) is 57.4 Å². The summed E-state index contributed by atoms with van der Waals surface area (Å²) < 4.78 is 31.3. The molecule has 1 amide bonds. The number of ether oxygens (including phenoxy) is 1. The summed E-state index contributed by atoms with van der Waals surface area (Å²) in [5.41, 5.74) is 1.95. The van der Waals surface area contributed by atoms with Gasteiger partial charge in [-0.05, 0) is 63.0 Å². The zero-order chi connectivity index (χ0) is 24.0. The average Bonchev–Trinajstić information content (AvgIpc) is 3.24. The lowest BCUT2D eigenvalue weighted by Crippen LogP contribution is -2.38. The molecule has 4 rings (SSSR count). The zero-order valence-corrected chi connectivity index (χ0v) is 20.5. The van der Waals surface area contributed by atoms with Crippen molar-refractivity contribution in [2.45, 2.75) is 76.8 Å². The fourth-order valence-corrected chi connectivity index (χ4v) is 5.55. The van der Waals surface area contributed by atoms with Gasteiger partial charge in [-0.1, -0.05) is 11.3 Å². The molecule has 2 aromatic heterocycles. The molecule has 2 aromatic rings. The highest BCUT2D eigenvalue weighted by molar-refractivity contribution is 7.13. The molecule has 0 spiro atoms. The number of halogens is 2. The Hall–Kier alpha value is -2.20. The number of nitrogens with zero attached hydrogens (tertiary/aromatic N) is 4. The van der Waals surface area contributed by atoms with Gasteiger partial charge in [0.25, 0.3) is 11.1 Å². The number of thiazole rings is 1. The summed E-state index contributed by atoms with van der Waals surface area (Å²) in [4.78, 5) is 28.3. The van der Waals surface area contributed by atoms with E-state index < -0.39 is 12.5 Å². The minimum absolute atomic E-state index is 0.102. The van der Waals surface area contributed by atoms with Gasteiger partial charge in [-0.15, -0.1) is 0 Å². The first kappa shape index (κ1) is 24.9. The van der Waals surface area contributed by atoms with E-state index in [4.69, 9.17) is 4.74 Å². The van der Waals surface area contributed by atoms with Crippen LogP contribution in [-0.2, 0) is 24.2 Å². The Kier molecular flexibility index (Phi) is 8.41. The van der Waals surface area contributed by atoms with Crippen LogP contribution in [0.15, 0.2) is 18.7 Å². The number of hydrogen-bond donors (Lipinski definition) is 1. The van der Waals surface area contributed by atoms with Crippen LogP contribution in [0, 0.1) is 5.92 Å². The van der Waals surface area contributed by atoms with Gasteiger partial charge in [0.1, 0.15) is 6.33 Å². The number of carbonyl (C=O) groups is 1. The van der Waals surface area contributed by atoms with Crippen molar-refractivity contribution >= 4 is 17.2 Å². The predicted octanol–water partition coefficient (Wildman–Crippen LogP) is 4.02. The maximum Gasteiger partial charge on any atom is 0.278 e. The van der Waals surface area contributed by atoms with E-state index in [2.05, 4.69) is 25.2 Å². The Morgan fingerprint density at radius 2 is 2.03 bits per heavy atom. The molecule has 0 bridgehead atoms. The molecule has 1 aliphatic heterocycles. The number of nitrogens with one attached hydrogen (secondary N) is 1. The van der Waals surface area contributed by atoms with Crippen molar-refractivity contribution in [3.63, 3.8) is 0 Å². The summed E-state index contributed by atoms with van der Waals surface area (Å²) in [6.07, 6.45) is 12.5. The van der Waals surface area contributed by atoms with Crippen LogP contribution < -0.4 is 10.1 Å². The molecule has 0 atom stereocenters. The number of rotatable bonds is 10. The number of aryl methyl sites for hydroxylation is 1. The molecule has 3 heterocycles. The second-order valence-electron chi connectivity index (χ2n) is 9.56. The standard InChI is InChI=1S/C24H33F2N5O2S/c1-24(25,26)15-33-23-30-20-14-31(11-9-21(20)34-23)10-8-17-2-5-19(6-3-17)29-22(32)7-4-18-12-27-16-28-13-18/h12-13,16-17,19H,2-11,14-15H2,1H3,(H,29,32)/t17-,19-. The monoisotopic (exact) mass is 493 g/mol. The van der Waals surface area contributed by atoms with Crippen molar-refractivity contribution in [3.05, 3.63) is 34.9 Å². The SMILES string of the molecule is CC(F)(F)COc1nc2c(s1)CCN(CC[C@H]1CC[C@H](NC(=O)CCc3cncnc3)CC1)C2. The molecular weight excluding hydrogens is 460 g/mol. The predicted molar refractivity (Wildman–Crippen MR) is 126 cm³/mol. The van der Waals surface area contributed by atoms with Gasteiger partial charge in [-0.3, -0.25) is 9.69 Å². The average molecular weight is 494 g/mol. The largest absolute Gasteiger partial charge is 0.464 e. The van der Waals surface area contributed by atoms with Crippen LogP contribution in [0.25, 0.3) is 0 Å². The molecule has 1 N–H and O–H groups in total. The first-order valence-corrected chi connectivity index (χ1v) is 12.9. The molecular formula is C24H33F2N5O2S. The first-order chi connectivity index (χ1) is 16.3. The third-order valence-electron chi connectivity index (χ3n) is 6.56. The van der Waals surface area contributed by atoms with Gasteiger partial charge in [-0.25, -0.2) is 23.7 Å². The minimum Gasteiger partial charge on any atom is -0.464 e. The van der Waals surface area contributed by atoms with Crippen LogP contribution in [0.4, 0.5) is 8.78 Å². The van der Waals surface area contributed by atoms with Crippen molar-refractivity contribution in [1.29, 1.82) is 0 Å². The number of fused-ring (bicyclic) bond motifs is 1. The number of amides is 1. The van der Waals surface area contributed by atoms with Crippen LogP contribution >= 0.6 is 11.3 Å². The van der Waals surface area contributed by atoms with E-state index >= 15 is 0 Å². The second kappa shape index (κ2) is 11.5. The van der Waals surface area contributed by atoms with Gasteiger partial charge in [0.05, 0.1) is 5.69 Å². The van der Waals surface area contributed by atoms with Gasteiger partial charge >= 0.3 is 0 Å². The lowest BCUT2D eigenvalue weighted by Gasteiger charge is -2.32. The summed E-state index contributed by atoms with van der Waals surface area (Å²) >= 11 is 1.40. The number of aromatic nitrogens is 3. The Labute approximate surface area is 203 Å². The van der Waals surface area contributed by atoms with E-state index in [1.54, 1.807) is 12.4 Å². The summed E-state index contributed by atoms with van der Waals surface area (Å²) in [6.45, 7) is 2.97. The fourth-order valence-electron chi connectivity index (χ4n) is 4.65. The molecule has 0 unspecified atom stereocenters. The molecule has 186 valence electrons. The van der Waals surface area contributed by atoms with E-state index in [0.717, 1.165) is 81.2 Å². The van der Waals surface area contributed by atoms with E-state index in [-0.39, 0.29) is 11.9 Å².